The molecule has 0 radical (unpaired) electrons. The summed E-state index contributed by atoms with van der Waals surface area (Å²) in [7, 11) is 0. The quantitative estimate of drug-likeness (QED) is 0.612. The molecule has 1 aromatic heterocycles. The zero-order valence-electron chi connectivity index (χ0n) is 8.31. The number of hydrogen-bond donors (Lipinski definition) is 1. The zero-order valence-corrected chi connectivity index (χ0v) is 8.31. The predicted octanol–water partition coefficient (Wildman–Crippen LogP) is 2.16. The summed E-state index contributed by atoms with van der Waals surface area (Å²) in [5.74, 6) is -0.390. The maximum absolute atomic E-state index is 11.5. The van der Waals surface area contributed by atoms with E-state index >= 15 is 0 Å². The lowest BCUT2D eigenvalue weighted by Gasteiger charge is -1.99. The molecule has 2 aromatic rings. The molecule has 0 unspecified atom stereocenters. The monoisotopic (exact) mass is 212 g/mol. The highest BCUT2D eigenvalue weighted by Crippen LogP contribution is 2.24. The van der Waals surface area contributed by atoms with Crippen molar-refractivity contribution in [2.75, 3.05) is 0 Å². The lowest BCUT2D eigenvalue weighted by Crippen LogP contribution is -2.17. The van der Waals surface area contributed by atoms with Gasteiger partial charge in [0.05, 0.1) is 6.26 Å². The van der Waals surface area contributed by atoms with E-state index in [2.05, 4.69) is 0 Å². The SMILES string of the molecule is N#CNC(=O)c1occc1-c1ccccc1. The summed E-state index contributed by atoms with van der Waals surface area (Å²) in [6, 6.07) is 11.1. The lowest BCUT2D eigenvalue weighted by atomic mass is 10.1. The first-order valence-electron chi connectivity index (χ1n) is 4.65. The topological polar surface area (TPSA) is 66.0 Å². The van der Waals surface area contributed by atoms with Gasteiger partial charge in [0, 0.05) is 5.56 Å². The summed E-state index contributed by atoms with van der Waals surface area (Å²) in [5, 5.41) is 10.4. The molecule has 0 saturated heterocycles. The highest BCUT2D eigenvalue weighted by molar-refractivity contribution is 5.98. The molecule has 78 valence electrons. The number of carbonyl (C=O) groups excluding carboxylic acids is 1. The van der Waals surface area contributed by atoms with E-state index in [4.69, 9.17) is 9.68 Å². The van der Waals surface area contributed by atoms with Gasteiger partial charge in [-0.25, -0.2) is 0 Å². The van der Waals surface area contributed by atoms with Crippen LogP contribution in [0.5, 0.6) is 0 Å². The molecule has 4 nitrogen and oxygen atoms in total. The van der Waals surface area contributed by atoms with Crippen molar-refractivity contribution in [2.45, 2.75) is 0 Å². The largest absolute Gasteiger partial charge is 0.458 e. The standard InChI is InChI=1S/C12H8N2O2/c13-8-14-12(15)11-10(6-7-16-11)9-4-2-1-3-5-9/h1-7H,(H,14,15). The smallest absolute Gasteiger partial charge is 0.300 e. The van der Waals surface area contributed by atoms with Gasteiger partial charge in [-0.2, -0.15) is 5.26 Å². The Bertz CT molecular complexity index is 538. The molecule has 0 aliphatic carbocycles. The molecule has 0 atom stereocenters. The Balaban J connectivity index is 2.41. The minimum absolute atomic E-state index is 0.146. The normalized spacial score (nSPS) is 9.44. The average molecular weight is 212 g/mol. The molecule has 1 N–H and O–H groups in total. The molecular weight excluding hydrogens is 204 g/mol. The van der Waals surface area contributed by atoms with Gasteiger partial charge in [-0.3, -0.25) is 10.1 Å². The van der Waals surface area contributed by atoms with Crippen molar-refractivity contribution in [3.8, 4) is 17.3 Å². The fraction of sp³-hybridized carbons (Fsp3) is 0. The van der Waals surface area contributed by atoms with Crippen LogP contribution in [-0.4, -0.2) is 5.91 Å². The molecule has 1 aromatic carbocycles. The molecule has 0 spiro atoms. The van der Waals surface area contributed by atoms with Crippen molar-refractivity contribution in [3.63, 3.8) is 0 Å². The van der Waals surface area contributed by atoms with Crippen molar-refractivity contribution >= 4 is 5.91 Å². The van der Waals surface area contributed by atoms with Crippen LogP contribution in [0.4, 0.5) is 0 Å². The number of rotatable bonds is 2. The van der Waals surface area contributed by atoms with Gasteiger partial charge >= 0.3 is 5.91 Å². The molecule has 0 aliphatic rings. The Kier molecular flexibility index (Phi) is 2.70. The minimum Gasteiger partial charge on any atom is -0.458 e. The lowest BCUT2D eigenvalue weighted by molar-refractivity contribution is 0.0946. The number of furan rings is 1. The van der Waals surface area contributed by atoms with Crippen LogP contribution >= 0.6 is 0 Å². The fourth-order valence-electron chi connectivity index (χ4n) is 1.44. The fourth-order valence-corrected chi connectivity index (χ4v) is 1.44. The molecule has 0 saturated carbocycles. The summed E-state index contributed by atoms with van der Waals surface area (Å²) in [4.78, 5) is 11.5. The van der Waals surface area contributed by atoms with Gasteiger partial charge in [-0.15, -0.1) is 0 Å². The second-order valence-corrected chi connectivity index (χ2v) is 3.10. The van der Waals surface area contributed by atoms with E-state index in [9.17, 15) is 4.79 Å². The zero-order chi connectivity index (χ0) is 11.4. The molecule has 1 amide bonds. The average Bonchev–Trinajstić information content (AvgIpc) is 2.79. The summed E-state index contributed by atoms with van der Waals surface area (Å²) >= 11 is 0. The van der Waals surface area contributed by atoms with Crippen molar-refractivity contribution in [1.82, 2.24) is 5.32 Å². The molecule has 0 fully saturated rings. The Morgan fingerprint density at radius 3 is 2.69 bits per heavy atom. The molecular formula is C12H8N2O2. The number of nitriles is 1. The van der Waals surface area contributed by atoms with Gasteiger partial charge in [-0.05, 0) is 11.6 Å². The van der Waals surface area contributed by atoms with E-state index in [1.807, 2.05) is 35.6 Å². The van der Waals surface area contributed by atoms with Crippen LogP contribution in [0.3, 0.4) is 0 Å². The summed E-state index contributed by atoms with van der Waals surface area (Å²) in [5.41, 5.74) is 1.55. The maximum atomic E-state index is 11.5. The third-order valence-corrected chi connectivity index (χ3v) is 2.13. The van der Waals surface area contributed by atoms with Gasteiger partial charge in [-0.1, -0.05) is 30.3 Å². The van der Waals surface area contributed by atoms with E-state index in [1.165, 1.54) is 6.26 Å². The third-order valence-electron chi connectivity index (χ3n) is 2.13. The summed E-state index contributed by atoms with van der Waals surface area (Å²) in [6.07, 6.45) is 3.00. The predicted molar refractivity (Wildman–Crippen MR) is 57.2 cm³/mol. The van der Waals surface area contributed by atoms with Gasteiger partial charge in [0.15, 0.2) is 12.0 Å². The summed E-state index contributed by atoms with van der Waals surface area (Å²) in [6.45, 7) is 0. The second kappa shape index (κ2) is 4.32. The van der Waals surface area contributed by atoms with Crippen LogP contribution in [-0.2, 0) is 0 Å². The van der Waals surface area contributed by atoms with Crippen LogP contribution < -0.4 is 5.32 Å². The molecule has 0 bridgehead atoms. The summed E-state index contributed by atoms with van der Waals surface area (Å²) < 4.78 is 5.07. The Morgan fingerprint density at radius 2 is 2.00 bits per heavy atom. The van der Waals surface area contributed by atoms with Crippen molar-refractivity contribution in [3.05, 3.63) is 48.4 Å². The van der Waals surface area contributed by atoms with Gasteiger partial charge in [0.2, 0.25) is 0 Å². The van der Waals surface area contributed by atoms with Crippen LogP contribution in [0.1, 0.15) is 10.6 Å². The van der Waals surface area contributed by atoms with Crippen LogP contribution in [0, 0.1) is 11.5 Å². The molecule has 1 heterocycles. The van der Waals surface area contributed by atoms with E-state index in [0.29, 0.717) is 5.56 Å². The highest BCUT2D eigenvalue weighted by atomic mass is 16.3. The van der Waals surface area contributed by atoms with E-state index in [-0.39, 0.29) is 5.76 Å². The molecule has 4 heteroatoms. The first-order chi connectivity index (χ1) is 7.83. The first kappa shape index (κ1) is 9.99. The Hall–Kier alpha value is -2.54. The number of hydrogen-bond acceptors (Lipinski definition) is 3. The van der Waals surface area contributed by atoms with Crippen LogP contribution in [0.2, 0.25) is 0 Å². The van der Waals surface area contributed by atoms with E-state index in [0.717, 1.165) is 5.56 Å². The molecule has 0 aliphatic heterocycles. The third kappa shape index (κ3) is 1.79. The maximum Gasteiger partial charge on any atom is 0.300 e. The number of amides is 1. The second-order valence-electron chi connectivity index (χ2n) is 3.10. The highest BCUT2D eigenvalue weighted by Gasteiger charge is 2.15. The van der Waals surface area contributed by atoms with E-state index in [1.54, 1.807) is 12.3 Å². The Morgan fingerprint density at radius 1 is 1.25 bits per heavy atom. The van der Waals surface area contributed by atoms with Crippen molar-refractivity contribution in [2.24, 2.45) is 0 Å². The molecule has 2 rings (SSSR count). The van der Waals surface area contributed by atoms with Crippen LogP contribution in [0.25, 0.3) is 11.1 Å². The number of nitrogens with one attached hydrogen (secondary N) is 1. The van der Waals surface area contributed by atoms with Gasteiger partial charge in [0.1, 0.15) is 0 Å². The van der Waals surface area contributed by atoms with Crippen molar-refractivity contribution in [1.29, 1.82) is 5.26 Å². The van der Waals surface area contributed by atoms with Crippen LogP contribution in [0.15, 0.2) is 47.1 Å². The van der Waals surface area contributed by atoms with Gasteiger partial charge in [0.25, 0.3) is 0 Å². The minimum atomic E-state index is -0.536. The number of nitrogens with zero attached hydrogens (tertiary/aromatic N) is 1. The van der Waals surface area contributed by atoms with Crippen molar-refractivity contribution < 1.29 is 9.21 Å². The van der Waals surface area contributed by atoms with Gasteiger partial charge < -0.3 is 4.42 Å². The number of benzene rings is 1. The van der Waals surface area contributed by atoms with E-state index < -0.39 is 5.91 Å². The molecule has 16 heavy (non-hydrogen) atoms. The number of carbonyl (C=O) groups is 1. The Labute approximate surface area is 92.1 Å². The first-order valence-corrected chi connectivity index (χ1v) is 4.65.